The number of hydrogen-bond acceptors (Lipinski definition) is 3. The lowest BCUT2D eigenvalue weighted by Crippen LogP contribution is -2.33. The summed E-state index contributed by atoms with van der Waals surface area (Å²) in [7, 11) is 1.78. The number of amides is 1. The highest BCUT2D eigenvalue weighted by Gasteiger charge is 2.15. The quantitative estimate of drug-likeness (QED) is 0.834. The Kier molecular flexibility index (Phi) is 8.30. The van der Waals surface area contributed by atoms with Crippen LogP contribution in [0, 0.1) is 6.92 Å². The van der Waals surface area contributed by atoms with E-state index in [0.717, 1.165) is 16.9 Å². The van der Waals surface area contributed by atoms with Crippen molar-refractivity contribution < 1.29 is 9.53 Å². The Balaban J connectivity index is 0.00000288. The minimum atomic E-state index is -0.274. The Hall–Kier alpha value is -2.04. The molecule has 0 aromatic heterocycles. The van der Waals surface area contributed by atoms with Gasteiger partial charge in [-0.3, -0.25) is 4.79 Å². The standard InChI is InChI=1S/C19H24N2O2.ClH/c1-15-7-6-10-17(13-15)23-12-11-21(2)19(22)14-18(20)16-8-4-3-5-9-16;/h3-10,13,18H,11-12,14,20H2,1-2H3;1H. The molecule has 1 atom stereocenters. The van der Waals surface area contributed by atoms with Crippen LogP contribution in [-0.4, -0.2) is 31.0 Å². The SMILES string of the molecule is Cc1cccc(OCCN(C)C(=O)CC(N)c2ccccc2)c1.Cl. The molecule has 0 aliphatic heterocycles. The summed E-state index contributed by atoms with van der Waals surface area (Å²) in [4.78, 5) is 13.9. The highest BCUT2D eigenvalue weighted by atomic mass is 35.5. The highest BCUT2D eigenvalue weighted by molar-refractivity contribution is 5.85. The van der Waals surface area contributed by atoms with E-state index >= 15 is 0 Å². The number of aryl methyl sites for hydroxylation is 1. The minimum Gasteiger partial charge on any atom is -0.492 e. The number of benzene rings is 2. The molecule has 2 N–H and O–H groups in total. The summed E-state index contributed by atoms with van der Waals surface area (Å²) in [6, 6.07) is 17.3. The molecular formula is C19H25ClN2O2. The molecule has 2 rings (SSSR count). The van der Waals surface area contributed by atoms with Crippen LogP contribution < -0.4 is 10.5 Å². The number of likely N-dealkylation sites (N-methyl/N-ethyl adjacent to an activating group) is 1. The van der Waals surface area contributed by atoms with E-state index in [-0.39, 0.29) is 24.4 Å². The Morgan fingerprint density at radius 3 is 2.54 bits per heavy atom. The van der Waals surface area contributed by atoms with Gasteiger partial charge in [0.2, 0.25) is 5.91 Å². The number of nitrogens with two attached hydrogens (primary N) is 1. The van der Waals surface area contributed by atoms with Crippen molar-refractivity contribution >= 4 is 18.3 Å². The number of carbonyl (C=O) groups is 1. The second kappa shape index (κ2) is 9.96. The molecule has 0 saturated carbocycles. The maximum atomic E-state index is 12.2. The van der Waals surface area contributed by atoms with Gasteiger partial charge in [-0.25, -0.2) is 0 Å². The molecule has 24 heavy (non-hydrogen) atoms. The van der Waals surface area contributed by atoms with Gasteiger partial charge in [0.1, 0.15) is 12.4 Å². The van der Waals surface area contributed by atoms with E-state index in [4.69, 9.17) is 10.5 Å². The van der Waals surface area contributed by atoms with Gasteiger partial charge < -0.3 is 15.4 Å². The smallest absolute Gasteiger partial charge is 0.224 e. The summed E-state index contributed by atoms with van der Waals surface area (Å²) in [5.41, 5.74) is 8.22. The highest BCUT2D eigenvalue weighted by Crippen LogP contribution is 2.15. The van der Waals surface area contributed by atoms with Crippen molar-refractivity contribution in [3.63, 3.8) is 0 Å². The predicted molar refractivity (Wildman–Crippen MR) is 99.5 cm³/mol. The second-order valence-corrected chi connectivity index (χ2v) is 5.70. The van der Waals surface area contributed by atoms with Crippen LogP contribution in [0.3, 0.4) is 0 Å². The number of halogens is 1. The van der Waals surface area contributed by atoms with E-state index in [2.05, 4.69) is 0 Å². The van der Waals surface area contributed by atoms with Gasteiger partial charge in [0, 0.05) is 19.5 Å². The zero-order valence-electron chi connectivity index (χ0n) is 14.1. The van der Waals surface area contributed by atoms with Gasteiger partial charge >= 0.3 is 0 Å². The molecule has 0 radical (unpaired) electrons. The van der Waals surface area contributed by atoms with Crippen LogP contribution in [0.15, 0.2) is 54.6 Å². The topological polar surface area (TPSA) is 55.6 Å². The van der Waals surface area contributed by atoms with E-state index in [1.165, 1.54) is 0 Å². The molecule has 2 aromatic carbocycles. The summed E-state index contributed by atoms with van der Waals surface area (Å²) in [5.74, 6) is 0.848. The maximum Gasteiger partial charge on any atom is 0.224 e. The zero-order valence-corrected chi connectivity index (χ0v) is 15.0. The molecule has 0 heterocycles. The number of rotatable bonds is 7. The lowest BCUT2D eigenvalue weighted by Gasteiger charge is -2.20. The summed E-state index contributed by atoms with van der Waals surface area (Å²) in [6.45, 7) is 3.02. The van der Waals surface area contributed by atoms with Crippen molar-refractivity contribution in [3.8, 4) is 5.75 Å². The normalized spacial score (nSPS) is 11.3. The molecule has 1 amide bonds. The molecular weight excluding hydrogens is 324 g/mol. The fraction of sp³-hybridized carbons (Fsp3) is 0.316. The molecule has 2 aromatic rings. The third-order valence-corrected chi connectivity index (χ3v) is 3.73. The van der Waals surface area contributed by atoms with Gasteiger partial charge in [-0.15, -0.1) is 12.4 Å². The summed E-state index contributed by atoms with van der Waals surface area (Å²) in [6.07, 6.45) is 0.297. The van der Waals surface area contributed by atoms with E-state index in [1.807, 2.05) is 61.5 Å². The lowest BCUT2D eigenvalue weighted by atomic mass is 10.0. The first-order valence-electron chi connectivity index (χ1n) is 7.80. The van der Waals surface area contributed by atoms with Crippen LogP contribution in [0.2, 0.25) is 0 Å². The first-order valence-corrected chi connectivity index (χ1v) is 7.80. The average Bonchev–Trinajstić information content (AvgIpc) is 2.55. The molecule has 0 fully saturated rings. The van der Waals surface area contributed by atoms with Gasteiger partial charge in [0.25, 0.3) is 0 Å². The van der Waals surface area contributed by atoms with Gasteiger partial charge in [0.15, 0.2) is 0 Å². The van der Waals surface area contributed by atoms with Crippen LogP contribution in [0.5, 0.6) is 5.75 Å². The van der Waals surface area contributed by atoms with E-state index in [0.29, 0.717) is 19.6 Å². The first-order chi connectivity index (χ1) is 11.1. The number of ether oxygens (including phenoxy) is 1. The Bertz CT molecular complexity index is 634. The van der Waals surface area contributed by atoms with Crippen LogP contribution in [0.25, 0.3) is 0 Å². The molecule has 0 aliphatic rings. The summed E-state index contributed by atoms with van der Waals surface area (Å²) < 4.78 is 5.67. The number of carbonyl (C=O) groups excluding carboxylic acids is 1. The zero-order chi connectivity index (χ0) is 16.7. The lowest BCUT2D eigenvalue weighted by molar-refractivity contribution is -0.130. The van der Waals surface area contributed by atoms with Crippen molar-refractivity contribution in [1.82, 2.24) is 4.90 Å². The van der Waals surface area contributed by atoms with Crippen LogP contribution in [0.1, 0.15) is 23.6 Å². The molecule has 5 heteroatoms. The van der Waals surface area contributed by atoms with Gasteiger partial charge in [-0.1, -0.05) is 42.5 Å². The average molecular weight is 349 g/mol. The van der Waals surface area contributed by atoms with Crippen molar-refractivity contribution in [3.05, 3.63) is 65.7 Å². The molecule has 0 bridgehead atoms. The minimum absolute atomic E-state index is 0. The molecule has 4 nitrogen and oxygen atoms in total. The van der Waals surface area contributed by atoms with Crippen molar-refractivity contribution in [1.29, 1.82) is 0 Å². The monoisotopic (exact) mass is 348 g/mol. The second-order valence-electron chi connectivity index (χ2n) is 5.70. The van der Waals surface area contributed by atoms with Crippen LogP contribution >= 0.6 is 12.4 Å². The molecule has 0 saturated heterocycles. The molecule has 130 valence electrons. The van der Waals surface area contributed by atoms with Gasteiger partial charge in [-0.2, -0.15) is 0 Å². The van der Waals surface area contributed by atoms with Crippen molar-refractivity contribution in [2.45, 2.75) is 19.4 Å². The van der Waals surface area contributed by atoms with E-state index in [1.54, 1.807) is 11.9 Å². The fourth-order valence-electron chi connectivity index (χ4n) is 2.29. The summed E-state index contributed by atoms with van der Waals surface area (Å²) >= 11 is 0. The molecule has 0 spiro atoms. The number of hydrogen-bond donors (Lipinski definition) is 1. The van der Waals surface area contributed by atoms with E-state index in [9.17, 15) is 4.79 Å². The van der Waals surface area contributed by atoms with Crippen LogP contribution in [0.4, 0.5) is 0 Å². The maximum absolute atomic E-state index is 12.2. The third-order valence-electron chi connectivity index (χ3n) is 3.73. The van der Waals surface area contributed by atoms with Gasteiger partial charge in [-0.05, 0) is 30.2 Å². The summed E-state index contributed by atoms with van der Waals surface area (Å²) in [5, 5.41) is 0. The molecule has 0 aliphatic carbocycles. The largest absolute Gasteiger partial charge is 0.492 e. The fourth-order valence-corrected chi connectivity index (χ4v) is 2.29. The van der Waals surface area contributed by atoms with E-state index < -0.39 is 0 Å². The van der Waals surface area contributed by atoms with Crippen molar-refractivity contribution in [2.75, 3.05) is 20.2 Å². The third kappa shape index (κ3) is 6.22. The van der Waals surface area contributed by atoms with Crippen LogP contribution in [-0.2, 0) is 4.79 Å². The Morgan fingerprint density at radius 2 is 1.88 bits per heavy atom. The first kappa shape index (κ1) is 20.0. The van der Waals surface area contributed by atoms with Crippen molar-refractivity contribution in [2.24, 2.45) is 5.73 Å². The van der Waals surface area contributed by atoms with Gasteiger partial charge in [0.05, 0.1) is 6.54 Å². The Morgan fingerprint density at radius 1 is 1.17 bits per heavy atom. The predicted octanol–water partition coefficient (Wildman–Crippen LogP) is 3.34. The Labute approximate surface area is 150 Å². The number of nitrogens with zero attached hydrogens (tertiary/aromatic N) is 1. The molecule has 1 unspecified atom stereocenters.